The first-order valence-corrected chi connectivity index (χ1v) is 9.22. The third kappa shape index (κ3) is 4.28. The Morgan fingerprint density at radius 2 is 1.67 bits per heavy atom. The number of hydrogen-bond donors (Lipinski definition) is 2. The van der Waals surface area contributed by atoms with Crippen molar-refractivity contribution in [3.63, 3.8) is 0 Å². The Morgan fingerprint density at radius 1 is 0.926 bits per heavy atom. The van der Waals surface area contributed by atoms with Crippen LogP contribution in [0.3, 0.4) is 0 Å². The highest BCUT2D eigenvalue weighted by atomic mass is 35.5. The Kier molecular flexibility index (Phi) is 5.07. The second-order valence-electron chi connectivity index (χ2n) is 6.39. The summed E-state index contributed by atoms with van der Waals surface area (Å²) in [6, 6.07) is 14.5. The zero-order chi connectivity index (χ0) is 18.6. The summed E-state index contributed by atoms with van der Waals surface area (Å²) in [4.78, 5) is 11.0. The van der Waals surface area contributed by atoms with Gasteiger partial charge in [0.15, 0.2) is 0 Å². The van der Waals surface area contributed by atoms with Gasteiger partial charge in [0, 0.05) is 36.3 Å². The average Bonchev–Trinajstić information content (AvgIpc) is 3.21. The van der Waals surface area contributed by atoms with Gasteiger partial charge in [0.05, 0.1) is 5.02 Å². The van der Waals surface area contributed by atoms with Crippen molar-refractivity contribution >= 4 is 40.4 Å². The third-order valence-electron chi connectivity index (χ3n) is 4.44. The molecule has 5 nitrogen and oxygen atoms in total. The molecule has 138 valence electrons. The lowest BCUT2D eigenvalue weighted by atomic mass is 10.2. The molecule has 0 saturated carbocycles. The maximum Gasteiger partial charge on any atom is 0.229 e. The number of benzene rings is 2. The molecule has 0 aliphatic carbocycles. The van der Waals surface area contributed by atoms with Crippen LogP contribution in [0, 0.1) is 5.82 Å². The first-order chi connectivity index (χ1) is 13.2. The molecule has 7 heteroatoms. The number of anilines is 5. The van der Waals surface area contributed by atoms with E-state index in [9.17, 15) is 4.39 Å². The van der Waals surface area contributed by atoms with E-state index < -0.39 is 5.82 Å². The minimum atomic E-state index is -0.462. The van der Waals surface area contributed by atoms with Gasteiger partial charge < -0.3 is 15.5 Å². The highest BCUT2D eigenvalue weighted by Crippen LogP contribution is 2.25. The normalized spacial score (nSPS) is 13.6. The molecule has 0 atom stereocenters. The molecule has 0 unspecified atom stereocenters. The van der Waals surface area contributed by atoms with E-state index in [0.29, 0.717) is 17.5 Å². The molecule has 0 amide bonds. The van der Waals surface area contributed by atoms with Crippen LogP contribution >= 0.6 is 11.6 Å². The van der Waals surface area contributed by atoms with Crippen LogP contribution in [0.5, 0.6) is 0 Å². The van der Waals surface area contributed by atoms with Crippen molar-refractivity contribution in [2.24, 2.45) is 0 Å². The molecular weight excluding hydrogens is 365 g/mol. The number of hydrogen-bond acceptors (Lipinski definition) is 5. The predicted molar refractivity (Wildman–Crippen MR) is 108 cm³/mol. The molecule has 27 heavy (non-hydrogen) atoms. The number of aromatic nitrogens is 2. The van der Waals surface area contributed by atoms with Gasteiger partial charge in [-0.1, -0.05) is 11.6 Å². The quantitative estimate of drug-likeness (QED) is 0.621. The molecule has 4 rings (SSSR count). The van der Waals surface area contributed by atoms with Gasteiger partial charge >= 0.3 is 0 Å². The van der Waals surface area contributed by atoms with Crippen LogP contribution in [0.15, 0.2) is 54.7 Å². The van der Waals surface area contributed by atoms with Crippen LogP contribution in [-0.4, -0.2) is 23.1 Å². The van der Waals surface area contributed by atoms with E-state index in [-0.39, 0.29) is 5.02 Å². The molecule has 1 aliphatic rings. The number of halogens is 2. The summed E-state index contributed by atoms with van der Waals surface area (Å²) in [5.41, 5.74) is 2.82. The maximum absolute atomic E-state index is 13.3. The lowest BCUT2D eigenvalue weighted by Crippen LogP contribution is -2.17. The topological polar surface area (TPSA) is 53.1 Å². The van der Waals surface area contributed by atoms with Crippen LogP contribution in [0.4, 0.5) is 33.2 Å². The molecule has 1 fully saturated rings. The standard InChI is InChI=1S/C20H19ClFN5/c21-17-13-15(5-8-18(17)22)25-20-23-10-9-19(26-20)24-14-3-6-16(7-4-14)27-11-1-2-12-27/h3-10,13H,1-2,11-12H2,(H2,23,24,25,26). The minimum absolute atomic E-state index is 0.0485. The van der Waals surface area contributed by atoms with Crippen molar-refractivity contribution in [1.82, 2.24) is 9.97 Å². The summed E-state index contributed by atoms with van der Waals surface area (Å²) in [5, 5.41) is 6.35. The summed E-state index contributed by atoms with van der Waals surface area (Å²) in [6.07, 6.45) is 4.17. The van der Waals surface area contributed by atoms with Gasteiger partial charge in [0.1, 0.15) is 11.6 Å². The van der Waals surface area contributed by atoms with Crippen molar-refractivity contribution in [2.45, 2.75) is 12.8 Å². The van der Waals surface area contributed by atoms with Crippen molar-refractivity contribution in [2.75, 3.05) is 28.6 Å². The molecule has 2 aromatic carbocycles. The monoisotopic (exact) mass is 383 g/mol. The summed E-state index contributed by atoms with van der Waals surface area (Å²) in [6.45, 7) is 2.25. The smallest absolute Gasteiger partial charge is 0.229 e. The fourth-order valence-electron chi connectivity index (χ4n) is 3.07. The molecule has 1 aliphatic heterocycles. The lowest BCUT2D eigenvalue weighted by Gasteiger charge is -2.18. The first-order valence-electron chi connectivity index (χ1n) is 8.84. The minimum Gasteiger partial charge on any atom is -0.372 e. The van der Waals surface area contributed by atoms with E-state index in [1.807, 2.05) is 12.1 Å². The molecule has 1 aromatic heterocycles. The number of nitrogens with one attached hydrogen (secondary N) is 2. The molecule has 0 radical (unpaired) electrons. The van der Waals surface area contributed by atoms with Crippen molar-refractivity contribution in [3.8, 4) is 0 Å². The highest BCUT2D eigenvalue weighted by Gasteiger charge is 2.12. The molecule has 0 spiro atoms. The van der Waals surface area contributed by atoms with Crippen LogP contribution in [0.1, 0.15) is 12.8 Å². The largest absolute Gasteiger partial charge is 0.372 e. The molecule has 2 N–H and O–H groups in total. The van der Waals surface area contributed by atoms with Crippen LogP contribution in [0.2, 0.25) is 5.02 Å². The van der Waals surface area contributed by atoms with Gasteiger partial charge in [-0.05, 0) is 61.4 Å². The van der Waals surface area contributed by atoms with Crippen LogP contribution in [0.25, 0.3) is 0 Å². The fourth-order valence-corrected chi connectivity index (χ4v) is 3.25. The van der Waals surface area contributed by atoms with Crippen molar-refractivity contribution in [1.29, 1.82) is 0 Å². The van der Waals surface area contributed by atoms with Gasteiger partial charge in [-0.25, -0.2) is 9.37 Å². The van der Waals surface area contributed by atoms with E-state index in [4.69, 9.17) is 11.6 Å². The van der Waals surface area contributed by atoms with Crippen LogP contribution < -0.4 is 15.5 Å². The van der Waals surface area contributed by atoms with E-state index >= 15 is 0 Å². The molecule has 2 heterocycles. The van der Waals surface area contributed by atoms with E-state index in [1.165, 1.54) is 30.7 Å². The summed E-state index contributed by atoms with van der Waals surface area (Å²) in [5.74, 6) is 0.599. The van der Waals surface area contributed by atoms with Gasteiger partial charge in [0.25, 0.3) is 0 Å². The second kappa shape index (κ2) is 7.80. The summed E-state index contributed by atoms with van der Waals surface area (Å²) >= 11 is 5.81. The van der Waals surface area contributed by atoms with Crippen molar-refractivity contribution < 1.29 is 4.39 Å². The maximum atomic E-state index is 13.3. The predicted octanol–water partition coefficient (Wildman–Crippen LogP) is 5.36. The SMILES string of the molecule is Fc1ccc(Nc2nccc(Nc3ccc(N4CCCC4)cc3)n2)cc1Cl. The Bertz CT molecular complexity index is 926. The molecular formula is C20H19ClFN5. The van der Waals surface area contributed by atoms with Gasteiger partial charge in [-0.15, -0.1) is 0 Å². The molecule has 0 bridgehead atoms. The van der Waals surface area contributed by atoms with Crippen LogP contribution in [-0.2, 0) is 0 Å². The van der Waals surface area contributed by atoms with E-state index in [1.54, 1.807) is 18.3 Å². The van der Waals surface area contributed by atoms with Crippen molar-refractivity contribution in [3.05, 3.63) is 65.6 Å². The Labute approximate surface area is 162 Å². The van der Waals surface area contributed by atoms with Gasteiger partial charge in [-0.3, -0.25) is 0 Å². The van der Waals surface area contributed by atoms with Gasteiger partial charge in [0.2, 0.25) is 5.95 Å². The first kappa shape index (κ1) is 17.5. The second-order valence-corrected chi connectivity index (χ2v) is 6.79. The summed E-state index contributed by atoms with van der Waals surface area (Å²) in [7, 11) is 0. The number of nitrogens with zero attached hydrogens (tertiary/aromatic N) is 3. The Morgan fingerprint density at radius 3 is 2.41 bits per heavy atom. The third-order valence-corrected chi connectivity index (χ3v) is 4.73. The summed E-state index contributed by atoms with van der Waals surface area (Å²) < 4.78 is 13.3. The fraction of sp³-hybridized carbons (Fsp3) is 0.200. The van der Waals surface area contributed by atoms with Gasteiger partial charge in [-0.2, -0.15) is 4.98 Å². The Hall–Kier alpha value is -2.86. The Balaban J connectivity index is 1.45. The zero-order valence-corrected chi connectivity index (χ0v) is 15.4. The average molecular weight is 384 g/mol. The van der Waals surface area contributed by atoms with E-state index in [0.717, 1.165) is 18.8 Å². The highest BCUT2D eigenvalue weighted by molar-refractivity contribution is 6.31. The molecule has 1 saturated heterocycles. The lowest BCUT2D eigenvalue weighted by molar-refractivity contribution is 0.628. The zero-order valence-electron chi connectivity index (χ0n) is 14.6. The molecule has 3 aromatic rings. The number of rotatable bonds is 5. The van der Waals surface area contributed by atoms with E-state index in [2.05, 4.69) is 37.6 Å².